The molecule has 0 aromatic heterocycles. The molecule has 4 heteroatoms. The minimum absolute atomic E-state index is 0.0359. The Bertz CT molecular complexity index is 478. The second-order valence-electron chi connectivity index (χ2n) is 6.15. The summed E-state index contributed by atoms with van der Waals surface area (Å²) in [6.07, 6.45) is 4.95. The van der Waals surface area contributed by atoms with Gasteiger partial charge in [0.25, 0.3) is 5.91 Å². The van der Waals surface area contributed by atoms with Crippen molar-refractivity contribution in [1.29, 1.82) is 0 Å². The van der Waals surface area contributed by atoms with Crippen molar-refractivity contribution in [1.82, 2.24) is 5.32 Å². The second-order valence-corrected chi connectivity index (χ2v) is 7.56. The number of rotatable bonds is 7. The molecule has 1 unspecified atom stereocenters. The Morgan fingerprint density at radius 1 is 1.27 bits per heavy atom. The summed E-state index contributed by atoms with van der Waals surface area (Å²) in [5.74, 6) is 1.72. The zero-order valence-corrected chi connectivity index (χ0v) is 14.7. The van der Waals surface area contributed by atoms with Crippen molar-refractivity contribution in [3.63, 3.8) is 0 Å². The van der Waals surface area contributed by atoms with Gasteiger partial charge in [0.2, 0.25) is 0 Å². The lowest BCUT2D eigenvalue weighted by Crippen LogP contribution is -2.37. The van der Waals surface area contributed by atoms with E-state index in [2.05, 4.69) is 11.4 Å². The van der Waals surface area contributed by atoms with Gasteiger partial charge in [-0.1, -0.05) is 18.9 Å². The van der Waals surface area contributed by atoms with Gasteiger partial charge in [0.05, 0.1) is 0 Å². The van der Waals surface area contributed by atoms with Gasteiger partial charge in [0.15, 0.2) is 6.10 Å². The number of carbonyl (C=O) groups is 1. The van der Waals surface area contributed by atoms with Gasteiger partial charge in [0, 0.05) is 17.5 Å². The first-order valence-electron chi connectivity index (χ1n) is 8.19. The molecule has 1 amide bonds. The van der Waals surface area contributed by atoms with E-state index in [4.69, 9.17) is 4.74 Å². The Kier molecular flexibility index (Phi) is 6.62. The van der Waals surface area contributed by atoms with E-state index in [0.717, 1.165) is 34.4 Å². The van der Waals surface area contributed by atoms with Gasteiger partial charge in [-0.25, -0.2) is 0 Å². The Morgan fingerprint density at radius 3 is 2.55 bits per heavy atom. The third kappa shape index (κ3) is 5.56. The van der Waals surface area contributed by atoms with Crippen LogP contribution in [0.25, 0.3) is 0 Å². The zero-order valence-electron chi connectivity index (χ0n) is 13.9. The molecule has 1 aliphatic carbocycles. The fraction of sp³-hybridized carbons (Fsp3) is 0.611. The van der Waals surface area contributed by atoms with Crippen LogP contribution in [0.1, 0.15) is 43.7 Å². The summed E-state index contributed by atoms with van der Waals surface area (Å²) in [5.41, 5.74) is 2.30. The van der Waals surface area contributed by atoms with Gasteiger partial charge in [-0.2, -0.15) is 11.8 Å². The molecule has 1 N–H and O–H groups in total. The highest BCUT2D eigenvalue weighted by Crippen LogP contribution is 2.28. The summed E-state index contributed by atoms with van der Waals surface area (Å²) >= 11 is 1.99. The third-order valence-electron chi connectivity index (χ3n) is 3.93. The third-order valence-corrected chi connectivity index (χ3v) is 5.32. The maximum absolute atomic E-state index is 12.1. The predicted octanol–water partition coefficient (Wildman–Crippen LogP) is 3.86. The summed E-state index contributed by atoms with van der Waals surface area (Å²) in [5, 5.41) is 3.78. The van der Waals surface area contributed by atoms with Crippen molar-refractivity contribution in [2.75, 3.05) is 12.3 Å². The average Bonchev–Trinajstić information content (AvgIpc) is 2.95. The van der Waals surface area contributed by atoms with E-state index in [-0.39, 0.29) is 5.91 Å². The molecule has 0 saturated heterocycles. The van der Waals surface area contributed by atoms with Crippen LogP contribution in [0, 0.1) is 13.8 Å². The molecule has 1 atom stereocenters. The lowest BCUT2D eigenvalue weighted by molar-refractivity contribution is -0.127. The van der Waals surface area contributed by atoms with Crippen LogP contribution in [0.2, 0.25) is 0 Å². The first-order valence-corrected chi connectivity index (χ1v) is 9.24. The SMILES string of the molecule is Cc1cc(C)cc(OC(C)C(=O)NCCSC2CCCC2)c1. The van der Waals surface area contributed by atoms with Crippen LogP contribution in [-0.2, 0) is 4.79 Å². The van der Waals surface area contributed by atoms with E-state index >= 15 is 0 Å². The highest BCUT2D eigenvalue weighted by molar-refractivity contribution is 7.99. The van der Waals surface area contributed by atoms with Crippen LogP contribution >= 0.6 is 11.8 Å². The van der Waals surface area contributed by atoms with Crippen LogP contribution in [0.5, 0.6) is 5.75 Å². The van der Waals surface area contributed by atoms with Gasteiger partial charge in [-0.3, -0.25) is 4.79 Å². The lowest BCUT2D eigenvalue weighted by atomic mass is 10.1. The van der Waals surface area contributed by atoms with E-state index in [1.54, 1.807) is 6.92 Å². The lowest BCUT2D eigenvalue weighted by Gasteiger charge is -2.16. The normalized spacial score (nSPS) is 16.5. The number of thioether (sulfide) groups is 1. The minimum Gasteiger partial charge on any atom is -0.481 e. The van der Waals surface area contributed by atoms with Crippen molar-refractivity contribution in [3.8, 4) is 5.75 Å². The number of hydrogen-bond donors (Lipinski definition) is 1. The van der Waals surface area contributed by atoms with Gasteiger partial charge < -0.3 is 10.1 Å². The van der Waals surface area contributed by atoms with Crippen molar-refractivity contribution < 1.29 is 9.53 Å². The fourth-order valence-corrected chi connectivity index (χ4v) is 4.08. The molecule has 0 spiro atoms. The van der Waals surface area contributed by atoms with Crippen LogP contribution in [0.15, 0.2) is 18.2 Å². The monoisotopic (exact) mass is 321 g/mol. The maximum atomic E-state index is 12.1. The molecule has 0 aliphatic heterocycles. The molecular formula is C18H27NO2S. The second kappa shape index (κ2) is 8.47. The van der Waals surface area contributed by atoms with Crippen LogP contribution in [0.4, 0.5) is 0 Å². The molecule has 0 radical (unpaired) electrons. The number of amides is 1. The average molecular weight is 321 g/mol. The van der Waals surface area contributed by atoms with E-state index in [0.29, 0.717) is 0 Å². The summed E-state index contributed by atoms with van der Waals surface area (Å²) in [6, 6.07) is 6.03. The molecule has 1 aromatic rings. The van der Waals surface area contributed by atoms with E-state index in [9.17, 15) is 4.79 Å². The molecule has 1 aliphatic rings. The minimum atomic E-state index is -0.460. The van der Waals surface area contributed by atoms with Crippen molar-refractivity contribution in [2.24, 2.45) is 0 Å². The van der Waals surface area contributed by atoms with Gasteiger partial charge >= 0.3 is 0 Å². The van der Waals surface area contributed by atoms with E-state index in [1.807, 2.05) is 37.7 Å². The first kappa shape index (κ1) is 17.2. The van der Waals surface area contributed by atoms with E-state index in [1.165, 1.54) is 25.7 Å². The maximum Gasteiger partial charge on any atom is 0.260 e. The molecule has 0 heterocycles. The molecule has 3 nitrogen and oxygen atoms in total. The standard InChI is InChI=1S/C18H27NO2S/c1-13-10-14(2)12-16(11-13)21-15(3)18(20)19-8-9-22-17-6-4-5-7-17/h10-12,15,17H,4-9H2,1-3H3,(H,19,20). The summed E-state index contributed by atoms with van der Waals surface area (Å²) in [7, 11) is 0. The van der Waals surface area contributed by atoms with Gasteiger partial charge in [0.1, 0.15) is 5.75 Å². The molecule has 122 valence electrons. The molecule has 1 aromatic carbocycles. The highest BCUT2D eigenvalue weighted by atomic mass is 32.2. The number of ether oxygens (including phenoxy) is 1. The molecule has 2 rings (SSSR count). The van der Waals surface area contributed by atoms with Crippen molar-refractivity contribution >= 4 is 17.7 Å². The van der Waals surface area contributed by atoms with Crippen molar-refractivity contribution in [3.05, 3.63) is 29.3 Å². The molecule has 1 fully saturated rings. The quantitative estimate of drug-likeness (QED) is 0.775. The largest absolute Gasteiger partial charge is 0.481 e. The fourth-order valence-electron chi connectivity index (χ4n) is 2.86. The first-order chi connectivity index (χ1) is 10.5. The zero-order chi connectivity index (χ0) is 15.9. The molecule has 0 bridgehead atoms. The Morgan fingerprint density at radius 2 is 1.91 bits per heavy atom. The topological polar surface area (TPSA) is 38.3 Å². The Hall–Kier alpha value is -1.16. The number of benzene rings is 1. The van der Waals surface area contributed by atoms with Crippen molar-refractivity contribution in [2.45, 2.75) is 57.8 Å². The smallest absolute Gasteiger partial charge is 0.260 e. The number of nitrogens with one attached hydrogen (secondary N) is 1. The molecular weight excluding hydrogens is 294 g/mol. The van der Waals surface area contributed by atoms with Crippen LogP contribution in [0.3, 0.4) is 0 Å². The number of carbonyl (C=O) groups excluding carboxylic acids is 1. The van der Waals surface area contributed by atoms with Gasteiger partial charge in [-0.05, 0) is 56.9 Å². The number of aryl methyl sites for hydroxylation is 2. The Labute approximate surface area is 138 Å². The molecule has 1 saturated carbocycles. The van der Waals surface area contributed by atoms with Gasteiger partial charge in [-0.15, -0.1) is 0 Å². The predicted molar refractivity (Wildman–Crippen MR) is 93.7 cm³/mol. The van der Waals surface area contributed by atoms with E-state index < -0.39 is 6.10 Å². The Balaban J connectivity index is 1.69. The molecule has 22 heavy (non-hydrogen) atoms. The summed E-state index contributed by atoms with van der Waals surface area (Å²) in [4.78, 5) is 12.1. The number of hydrogen-bond acceptors (Lipinski definition) is 3. The highest BCUT2D eigenvalue weighted by Gasteiger charge is 2.16. The van der Waals surface area contributed by atoms with Crippen LogP contribution in [-0.4, -0.2) is 29.6 Å². The summed E-state index contributed by atoms with van der Waals surface area (Å²) in [6.45, 7) is 6.59. The van der Waals surface area contributed by atoms with Crippen LogP contribution < -0.4 is 10.1 Å². The summed E-state index contributed by atoms with van der Waals surface area (Å²) < 4.78 is 5.75.